The number of rotatable bonds is 5. The summed E-state index contributed by atoms with van der Waals surface area (Å²) in [6.45, 7) is 1.39. The van der Waals surface area contributed by atoms with E-state index in [1.807, 2.05) is 4.89 Å². The summed E-state index contributed by atoms with van der Waals surface area (Å²) in [5.74, 6) is -1.72. The van der Waals surface area contributed by atoms with Gasteiger partial charge >= 0.3 is 5.97 Å². The number of carbonyl (C=O) groups is 1. The van der Waals surface area contributed by atoms with Crippen LogP contribution in [0.4, 0.5) is 0 Å². The van der Waals surface area contributed by atoms with E-state index in [9.17, 15) is 13.2 Å². The summed E-state index contributed by atoms with van der Waals surface area (Å²) in [5, 5.41) is 8.75. The van der Waals surface area contributed by atoms with Crippen LogP contribution in [0, 0.1) is 6.92 Å². The number of carboxylic acids is 1. The van der Waals surface area contributed by atoms with Gasteiger partial charge in [-0.2, -0.15) is 0 Å². The maximum Gasteiger partial charge on any atom is 0.371 e. The van der Waals surface area contributed by atoms with E-state index in [4.69, 9.17) is 14.4 Å². The van der Waals surface area contributed by atoms with Crippen LogP contribution in [-0.4, -0.2) is 25.6 Å². The fourth-order valence-corrected chi connectivity index (χ4v) is 3.05. The van der Waals surface area contributed by atoms with Gasteiger partial charge in [-0.15, -0.1) is 0 Å². The van der Waals surface area contributed by atoms with E-state index in [-0.39, 0.29) is 16.8 Å². The number of furan rings is 1. The zero-order chi connectivity index (χ0) is 14.0. The van der Waals surface area contributed by atoms with Crippen molar-refractivity contribution in [1.29, 1.82) is 0 Å². The van der Waals surface area contributed by atoms with Crippen LogP contribution in [0.15, 0.2) is 15.4 Å². The second-order valence-electron chi connectivity index (χ2n) is 4.45. The predicted molar refractivity (Wildman–Crippen MR) is 64.1 cm³/mol. The first-order chi connectivity index (χ1) is 8.90. The number of hydrogen-bond acceptors (Lipinski definition) is 5. The van der Waals surface area contributed by atoms with Crippen molar-refractivity contribution in [3.8, 4) is 0 Å². The second kappa shape index (κ2) is 5.32. The Balaban J connectivity index is 2.12. The summed E-state index contributed by atoms with van der Waals surface area (Å²) in [6.07, 6.45) is 3.53. The van der Waals surface area contributed by atoms with E-state index >= 15 is 0 Å². The molecule has 0 bridgehead atoms. The largest absolute Gasteiger partial charge is 0.475 e. The minimum absolute atomic E-state index is 0.0138. The Bertz CT molecular complexity index is 570. The lowest BCUT2D eigenvalue weighted by Gasteiger charge is -2.11. The van der Waals surface area contributed by atoms with E-state index < -0.39 is 21.8 Å². The molecular formula is C11H15NO6S. The van der Waals surface area contributed by atoms with Crippen molar-refractivity contribution < 1.29 is 27.6 Å². The monoisotopic (exact) mass is 289 g/mol. The lowest BCUT2D eigenvalue weighted by Crippen LogP contribution is -2.28. The summed E-state index contributed by atoms with van der Waals surface area (Å²) in [7, 11) is -3.92. The molecule has 0 aromatic carbocycles. The quantitative estimate of drug-likeness (QED) is 0.794. The van der Waals surface area contributed by atoms with Crippen molar-refractivity contribution in [2.24, 2.45) is 0 Å². The Kier molecular flexibility index (Phi) is 3.93. The van der Waals surface area contributed by atoms with Crippen LogP contribution in [0.25, 0.3) is 0 Å². The third kappa shape index (κ3) is 3.14. The van der Waals surface area contributed by atoms with Crippen molar-refractivity contribution >= 4 is 16.0 Å². The van der Waals surface area contributed by atoms with Crippen LogP contribution in [0.3, 0.4) is 0 Å². The first-order valence-electron chi connectivity index (χ1n) is 5.91. The summed E-state index contributed by atoms with van der Waals surface area (Å²) in [4.78, 5) is 17.7. The summed E-state index contributed by atoms with van der Waals surface area (Å²) < 4.78 is 28.8. The molecule has 0 radical (unpaired) electrons. The minimum atomic E-state index is -3.92. The molecule has 1 aromatic rings. The van der Waals surface area contributed by atoms with Gasteiger partial charge in [0.25, 0.3) is 10.0 Å². The Morgan fingerprint density at radius 2 is 2.11 bits per heavy atom. The van der Waals surface area contributed by atoms with Crippen LogP contribution in [0.1, 0.15) is 42.0 Å². The fourth-order valence-electron chi connectivity index (χ4n) is 2.02. The molecule has 0 aliphatic heterocycles. The van der Waals surface area contributed by atoms with Gasteiger partial charge in [-0.1, -0.05) is 17.7 Å². The van der Waals surface area contributed by atoms with Crippen molar-refractivity contribution in [2.75, 3.05) is 0 Å². The molecule has 1 heterocycles. The molecule has 7 nitrogen and oxygen atoms in total. The van der Waals surface area contributed by atoms with Crippen molar-refractivity contribution in [3.63, 3.8) is 0 Å². The molecule has 1 saturated carbocycles. The van der Waals surface area contributed by atoms with Gasteiger partial charge in [-0.3, -0.25) is 4.84 Å². The molecule has 2 N–H and O–H groups in total. The first-order valence-corrected chi connectivity index (χ1v) is 7.39. The highest BCUT2D eigenvalue weighted by atomic mass is 32.2. The smallest absolute Gasteiger partial charge is 0.371 e. The Morgan fingerprint density at radius 1 is 1.47 bits per heavy atom. The molecule has 0 saturated heterocycles. The van der Waals surface area contributed by atoms with Gasteiger partial charge in [0.05, 0.1) is 6.10 Å². The van der Waals surface area contributed by atoms with Crippen LogP contribution >= 0.6 is 0 Å². The summed E-state index contributed by atoms with van der Waals surface area (Å²) in [6, 6.07) is 0.970. The minimum Gasteiger partial charge on any atom is -0.475 e. The molecule has 2 rings (SSSR count). The van der Waals surface area contributed by atoms with Crippen LogP contribution in [-0.2, 0) is 14.9 Å². The summed E-state index contributed by atoms with van der Waals surface area (Å²) >= 11 is 0. The third-order valence-electron chi connectivity index (χ3n) is 3.00. The third-order valence-corrected chi connectivity index (χ3v) is 4.30. The Morgan fingerprint density at radius 3 is 2.63 bits per heavy atom. The molecule has 106 valence electrons. The maximum atomic E-state index is 12.0. The molecule has 8 heteroatoms. The molecule has 1 aliphatic rings. The van der Waals surface area contributed by atoms with Crippen LogP contribution < -0.4 is 4.89 Å². The average Bonchev–Trinajstić information content (AvgIpc) is 2.95. The van der Waals surface area contributed by atoms with Crippen LogP contribution in [0.5, 0.6) is 0 Å². The van der Waals surface area contributed by atoms with E-state index in [0.717, 1.165) is 31.7 Å². The van der Waals surface area contributed by atoms with Gasteiger partial charge in [0, 0.05) is 6.07 Å². The van der Waals surface area contributed by atoms with E-state index in [0.29, 0.717) is 0 Å². The van der Waals surface area contributed by atoms with E-state index in [1.54, 1.807) is 0 Å². The average molecular weight is 289 g/mol. The van der Waals surface area contributed by atoms with Gasteiger partial charge in [0.15, 0.2) is 0 Å². The first kappa shape index (κ1) is 14.0. The number of hydrogen-bond donors (Lipinski definition) is 2. The Hall–Kier alpha value is -1.38. The number of aryl methyl sites for hydroxylation is 1. The van der Waals surface area contributed by atoms with Gasteiger partial charge in [-0.25, -0.2) is 13.2 Å². The van der Waals surface area contributed by atoms with Crippen LogP contribution in [0.2, 0.25) is 0 Å². The lowest BCUT2D eigenvalue weighted by atomic mass is 10.3. The molecule has 19 heavy (non-hydrogen) atoms. The molecule has 0 spiro atoms. The van der Waals surface area contributed by atoms with Crippen molar-refractivity contribution in [3.05, 3.63) is 17.6 Å². The molecular weight excluding hydrogens is 274 g/mol. The van der Waals surface area contributed by atoms with Gasteiger partial charge in [0.1, 0.15) is 10.7 Å². The highest BCUT2D eigenvalue weighted by Crippen LogP contribution is 2.23. The predicted octanol–water partition coefficient (Wildman–Crippen LogP) is 1.44. The highest BCUT2D eigenvalue weighted by molar-refractivity contribution is 7.89. The zero-order valence-corrected chi connectivity index (χ0v) is 11.2. The summed E-state index contributed by atoms with van der Waals surface area (Å²) in [5.41, 5.74) is 0. The number of nitrogens with one attached hydrogen (secondary N) is 1. The van der Waals surface area contributed by atoms with E-state index in [2.05, 4.69) is 0 Å². The number of carboxylic acid groups (broad SMARTS) is 1. The number of aromatic carboxylic acids is 1. The Labute approximate surface area is 110 Å². The van der Waals surface area contributed by atoms with Gasteiger partial charge in [0.2, 0.25) is 5.76 Å². The highest BCUT2D eigenvalue weighted by Gasteiger charge is 2.26. The molecule has 0 unspecified atom stereocenters. The second-order valence-corrected chi connectivity index (χ2v) is 6.06. The van der Waals surface area contributed by atoms with Crippen molar-refractivity contribution in [2.45, 2.75) is 43.6 Å². The molecule has 0 amide bonds. The lowest BCUT2D eigenvalue weighted by molar-refractivity contribution is 0.0223. The normalized spacial score (nSPS) is 16.9. The molecule has 1 aliphatic carbocycles. The van der Waals surface area contributed by atoms with Gasteiger partial charge < -0.3 is 9.52 Å². The fraction of sp³-hybridized carbons (Fsp3) is 0.545. The van der Waals surface area contributed by atoms with Crippen molar-refractivity contribution in [1.82, 2.24) is 4.89 Å². The molecule has 1 aromatic heterocycles. The standard InChI is InChI=1S/C11H15NO6S/c1-7-10(6-9(17-7)11(13)14)19(15,16)12-18-8-4-2-3-5-8/h6,8,12H,2-5H2,1H3,(H,13,14). The maximum absolute atomic E-state index is 12.0. The molecule has 0 atom stereocenters. The topological polar surface area (TPSA) is 106 Å². The molecule has 1 fully saturated rings. The SMILES string of the molecule is Cc1oc(C(=O)O)cc1S(=O)(=O)NOC1CCCC1. The number of sulfonamides is 1. The van der Waals surface area contributed by atoms with Gasteiger partial charge in [-0.05, 0) is 19.8 Å². The zero-order valence-electron chi connectivity index (χ0n) is 10.4. The van der Waals surface area contributed by atoms with E-state index in [1.165, 1.54) is 6.92 Å².